The third-order valence-electron chi connectivity index (χ3n) is 2.67. The van der Waals surface area contributed by atoms with Gasteiger partial charge in [-0.15, -0.1) is 0 Å². The number of nitrogens with zero attached hydrogens (tertiary/aromatic N) is 1. The molecule has 7 heteroatoms. The van der Waals surface area contributed by atoms with Gasteiger partial charge >= 0.3 is 0 Å². The van der Waals surface area contributed by atoms with Crippen molar-refractivity contribution in [2.75, 3.05) is 24.7 Å². The Bertz CT molecular complexity index is 686. The SMILES string of the molecule is COc1cccc2c(NCCS(N)(=O)=O)nccc12. The van der Waals surface area contributed by atoms with Gasteiger partial charge < -0.3 is 10.1 Å². The Balaban J connectivity index is 2.29. The van der Waals surface area contributed by atoms with Crippen LogP contribution in [0.2, 0.25) is 0 Å². The summed E-state index contributed by atoms with van der Waals surface area (Å²) in [5.41, 5.74) is 0. The molecule has 102 valence electrons. The highest BCUT2D eigenvalue weighted by Gasteiger charge is 2.07. The van der Waals surface area contributed by atoms with Crippen LogP contribution in [0.15, 0.2) is 30.5 Å². The van der Waals surface area contributed by atoms with Crippen LogP contribution in [0.3, 0.4) is 0 Å². The Hall–Kier alpha value is -1.86. The summed E-state index contributed by atoms with van der Waals surface area (Å²) in [6.45, 7) is 0.210. The minimum atomic E-state index is -3.48. The number of methoxy groups -OCH3 is 1. The van der Waals surface area contributed by atoms with Gasteiger partial charge in [0.05, 0.1) is 12.9 Å². The number of hydrogen-bond donors (Lipinski definition) is 2. The van der Waals surface area contributed by atoms with E-state index in [-0.39, 0.29) is 12.3 Å². The minimum Gasteiger partial charge on any atom is -0.496 e. The predicted molar refractivity (Wildman–Crippen MR) is 74.8 cm³/mol. The summed E-state index contributed by atoms with van der Waals surface area (Å²) in [4.78, 5) is 4.20. The highest BCUT2D eigenvalue weighted by molar-refractivity contribution is 7.89. The number of ether oxygens (including phenoxy) is 1. The van der Waals surface area contributed by atoms with Crippen LogP contribution in [0.25, 0.3) is 10.8 Å². The lowest BCUT2D eigenvalue weighted by atomic mass is 10.1. The van der Waals surface area contributed by atoms with Crippen molar-refractivity contribution in [3.05, 3.63) is 30.5 Å². The first kappa shape index (κ1) is 13.6. The van der Waals surface area contributed by atoms with Gasteiger partial charge in [0, 0.05) is 23.5 Å². The molecule has 0 saturated heterocycles. The molecule has 2 aromatic rings. The first-order chi connectivity index (χ1) is 9.01. The Labute approximate surface area is 111 Å². The molecule has 6 nitrogen and oxygen atoms in total. The van der Waals surface area contributed by atoms with Crippen LogP contribution in [0.1, 0.15) is 0 Å². The van der Waals surface area contributed by atoms with Gasteiger partial charge in [0.15, 0.2) is 0 Å². The van der Waals surface area contributed by atoms with Gasteiger partial charge in [-0.05, 0) is 12.1 Å². The normalized spacial score (nSPS) is 11.5. The summed E-state index contributed by atoms with van der Waals surface area (Å²) in [6.07, 6.45) is 1.64. The Morgan fingerprint density at radius 2 is 2.11 bits per heavy atom. The average molecular weight is 281 g/mol. The molecule has 1 aromatic carbocycles. The summed E-state index contributed by atoms with van der Waals surface area (Å²) in [6, 6.07) is 7.45. The third-order valence-corrected chi connectivity index (χ3v) is 3.44. The molecule has 0 atom stereocenters. The van der Waals surface area contributed by atoms with E-state index in [9.17, 15) is 8.42 Å². The van der Waals surface area contributed by atoms with Crippen molar-refractivity contribution < 1.29 is 13.2 Å². The Morgan fingerprint density at radius 1 is 1.32 bits per heavy atom. The number of nitrogens with two attached hydrogens (primary N) is 1. The van der Waals surface area contributed by atoms with Crippen molar-refractivity contribution in [1.29, 1.82) is 0 Å². The van der Waals surface area contributed by atoms with Gasteiger partial charge in [-0.2, -0.15) is 0 Å². The zero-order chi connectivity index (χ0) is 13.9. The van der Waals surface area contributed by atoms with Gasteiger partial charge in [0.2, 0.25) is 10.0 Å². The van der Waals surface area contributed by atoms with Crippen LogP contribution >= 0.6 is 0 Å². The van der Waals surface area contributed by atoms with Crippen molar-refractivity contribution >= 4 is 26.6 Å². The zero-order valence-electron chi connectivity index (χ0n) is 10.5. The molecule has 19 heavy (non-hydrogen) atoms. The summed E-state index contributed by atoms with van der Waals surface area (Å²) >= 11 is 0. The number of primary sulfonamides is 1. The number of rotatable bonds is 5. The highest BCUT2D eigenvalue weighted by atomic mass is 32.2. The molecule has 3 N–H and O–H groups in total. The van der Waals surface area contributed by atoms with E-state index < -0.39 is 10.0 Å². The lowest BCUT2D eigenvalue weighted by Crippen LogP contribution is -2.22. The molecule has 0 bridgehead atoms. The fraction of sp³-hybridized carbons (Fsp3) is 0.250. The number of hydrogen-bond acceptors (Lipinski definition) is 5. The maximum Gasteiger partial charge on any atom is 0.210 e. The van der Waals surface area contributed by atoms with Gasteiger partial charge in [-0.25, -0.2) is 18.5 Å². The second kappa shape index (κ2) is 5.41. The predicted octanol–water partition coefficient (Wildman–Crippen LogP) is 0.944. The number of benzene rings is 1. The van der Waals surface area contributed by atoms with Crippen LogP contribution in [0, 0.1) is 0 Å². The van der Waals surface area contributed by atoms with E-state index in [0.29, 0.717) is 5.82 Å². The van der Waals surface area contributed by atoms with Gasteiger partial charge in [0.25, 0.3) is 0 Å². The molecule has 1 aromatic heterocycles. The molecule has 0 aliphatic rings. The molecule has 0 amide bonds. The third kappa shape index (κ3) is 3.33. The number of anilines is 1. The maximum absolute atomic E-state index is 10.9. The lowest BCUT2D eigenvalue weighted by Gasteiger charge is -2.10. The van der Waals surface area contributed by atoms with E-state index in [0.717, 1.165) is 16.5 Å². The minimum absolute atomic E-state index is 0.144. The molecule has 0 spiro atoms. The monoisotopic (exact) mass is 281 g/mol. The maximum atomic E-state index is 10.9. The van der Waals surface area contributed by atoms with Gasteiger partial charge in [-0.3, -0.25) is 0 Å². The van der Waals surface area contributed by atoms with Crippen LogP contribution in [-0.4, -0.2) is 32.8 Å². The zero-order valence-corrected chi connectivity index (χ0v) is 11.3. The van der Waals surface area contributed by atoms with Crippen molar-refractivity contribution in [3.63, 3.8) is 0 Å². The largest absolute Gasteiger partial charge is 0.496 e. The molecule has 0 fully saturated rings. The number of aromatic nitrogens is 1. The number of sulfonamides is 1. The van der Waals surface area contributed by atoms with Crippen molar-refractivity contribution in [2.45, 2.75) is 0 Å². The molecule has 0 saturated carbocycles. The topological polar surface area (TPSA) is 94.3 Å². The molecule has 0 unspecified atom stereocenters. The number of nitrogens with one attached hydrogen (secondary N) is 1. The van der Waals surface area contributed by atoms with E-state index in [4.69, 9.17) is 9.88 Å². The first-order valence-corrected chi connectivity index (χ1v) is 7.39. The molecule has 1 heterocycles. The molecule has 0 aliphatic heterocycles. The number of fused-ring (bicyclic) bond motifs is 1. The van der Waals surface area contributed by atoms with Crippen LogP contribution in [0.4, 0.5) is 5.82 Å². The van der Waals surface area contributed by atoms with E-state index >= 15 is 0 Å². The van der Waals surface area contributed by atoms with E-state index in [1.165, 1.54) is 0 Å². The summed E-state index contributed by atoms with van der Waals surface area (Å²) in [5, 5.41) is 9.71. The molecule has 0 radical (unpaired) electrons. The lowest BCUT2D eigenvalue weighted by molar-refractivity contribution is 0.420. The Kier molecular flexibility index (Phi) is 3.87. The Morgan fingerprint density at radius 3 is 2.79 bits per heavy atom. The van der Waals surface area contributed by atoms with Crippen molar-refractivity contribution in [1.82, 2.24) is 4.98 Å². The first-order valence-electron chi connectivity index (χ1n) is 5.67. The average Bonchev–Trinajstić information content (AvgIpc) is 2.37. The summed E-state index contributed by atoms with van der Waals surface area (Å²) in [5.74, 6) is 1.21. The van der Waals surface area contributed by atoms with Crippen molar-refractivity contribution in [2.24, 2.45) is 5.14 Å². The highest BCUT2D eigenvalue weighted by Crippen LogP contribution is 2.28. The quantitative estimate of drug-likeness (QED) is 0.850. The second-order valence-corrected chi connectivity index (χ2v) is 5.74. The van der Waals surface area contributed by atoms with Crippen LogP contribution in [0.5, 0.6) is 5.75 Å². The standard InChI is InChI=1S/C12H15N3O3S/c1-18-11-4-2-3-10-9(11)5-6-14-12(10)15-7-8-19(13,16)17/h2-6H,7-8H2,1H3,(H,14,15)(H2,13,16,17). The molecular formula is C12H15N3O3S. The van der Waals surface area contributed by atoms with Crippen LogP contribution in [-0.2, 0) is 10.0 Å². The van der Waals surface area contributed by atoms with E-state index in [1.807, 2.05) is 24.3 Å². The second-order valence-electron chi connectivity index (χ2n) is 4.01. The van der Waals surface area contributed by atoms with Gasteiger partial charge in [0.1, 0.15) is 11.6 Å². The number of pyridine rings is 1. The van der Waals surface area contributed by atoms with Gasteiger partial charge in [-0.1, -0.05) is 12.1 Å². The summed E-state index contributed by atoms with van der Waals surface area (Å²) < 4.78 is 27.0. The fourth-order valence-electron chi connectivity index (χ4n) is 1.81. The van der Waals surface area contributed by atoms with E-state index in [2.05, 4.69) is 10.3 Å². The van der Waals surface area contributed by atoms with Crippen molar-refractivity contribution in [3.8, 4) is 5.75 Å². The smallest absolute Gasteiger partial charge is 0.210 e. The van der Waals surface area contributed by atoms with E-state index in [1.54, 1.807) is 13.3 Å². The molecule has 2 rings (SSSR count). The van der Waals surface area contributed by atoms with Crippen LogP contribution < -0.4 is 15.2 Å². The molecule has 0 aliphatic carbocycles. The molecular weight excluding hydrogens is 266 g/mol. The fourth-order valence-corrected chi connectivity index (χ4v) is 2.20. The summed E-state index contributed by atoms with van der Waals surface area (Å²) in [7, 11) is -1.87.